The summed E-state index contributed by atoms with van der Waals surface area (Å²) in [4.78, 5) is 0. The minimum Gasteiger partial charge on any atom is -0.394 e. The summed E-state index contributed by atoms with van der Waals surface area (Å²) in [6.07, 6.45) is 1.11. The third-order valence-electron chi connectivity index (χ3n) is 2.40. The molecule has 1 heterocycles. The van der Waals surface area contributed by atoms with Gasteiger partial charge >= 0.3 is 0 Å². The Morgan fingerprint density at radius 2 is 2.10 bits per heavy atom. The molecule has 60 valence electrons. The zero-order valence-corrected chi connectivity index (χ0v) is 6.71. The zero-order chi connectivity index (χ0) is 7.56. The highest BCUT2D eigenvalue weighted by atomic mass is 16.5. The van der Waals surface area contributed by atoms with E-state index in [0.717, 1.165) is 13.0 Å². The number of hydrogen-bond donors (Lipinski definition) is 1. The molecule has 1 fully saturated rings. The van der Waals surface area contributed by atoms with Gasteiger partial charge in [-0.2, -0.15) is 0 Å². The van der Waals surface area contributed by atoms with Gasteiger partial charge in [0.25, 0.3) is 0 Å². The van der Waals surface area contributed by atoms with Crippen molar-refractivity contribution in [2.75, 3.05) is 13.2 Å². The second kappa shape index (κ2) is 3.35. The van der Waals surface area contributed by atoms with Gasteiger partial charge in [-0.05, 0) is 18.3 Å². The number of aliphatic hydroxyl groups is 1. The monoisotopic (exact) mass is 144 g/mol. The van der Waals surface area contributed by atoms with Crippen LogP contribution in [0.1, 0.15) is 20.3 Å². The van der Waals surface area contributed by atoms with Crippen molar-refractivity contribution in [3.63, 3.8) is 0 Å². The summed E-state index contributed by atoms with van der Waals surface area (Å²) in [5, 5.41) is 8.77. The van der Waals surface area contributed by atoms with Crippen LogP contribution in [-0.2, 0) is 4.74 Å². The molecule has 1 rings (SSSR count). The minimum absolute atomic E-state index is 0.103. The molecule has 3 atom stereocenters. The van der Waals surface area contributed by atoms with Crippen molar-refractivity contribution in [3.8, 4) is 0 Å². The maximum Gasteiger partial charge on any atom is 0.0808 e. The van der Waals surface area contributed by atoms with Gasteiger partial charge in [0.05, 0.1) is 12.7 Å². The van der Waals surface area contributed by atoms with E-state index < -0.39 is 0 Å². The first-order chi connectivity index (χ1) is 4.74. The predicted octanol–water partition coefficient (Wildman–Crippen LogP) is 1.04. The maximum absolute atomic E-state index is 8.77. The van der Waals surface area contributed by atoms with Crippen molar-refractivity contribution in [3.05, 3.63) is 0 Å². The Morgan fingerprint density at radius 3 is 2.60 bits per heavy atom. The molecule has 0 aliphatic carbocycles. The van der Waals surface area contributed by atoms with E-state index in [2.05, 4.69) is 13.8 Å². The second-order valence-corrected chi connectivity index (χ2v) is 3.33. The van der Waals surface area contributed by atoms with E-state index in [9.17, 15) is 0 Å². The van der Waals surface area contributed by atoms with Crippen molar-refractivity contribution in [2.45, 2.75) is 26.4 Å². The fourth-order valence-electron chi connectivity index (χ4n) is 1.29. The molecule has 2 heteroatoms. The largest absolute Gasteiger partial charge is 0.394 e. The van der Waals surface area contributed by atoms with Gasteiger partial charge in [0, 0.05) is 6.61 Å². The molecule has 0 bridgehead atoms. The molecule has 0 aromatic rings. The van der Waals surface area contributed by atoms with Crippen LogP contribution < -0.4 is 0 Å². The predicted molar refractivity (Wildman–Crippen MR) is 39.8 cm³/mol. The summed E-state index contributed by atoms with van der Waals surface area (Å²) >= 11 is 0. The molecule has 1 N–H and O–H groups in total. The van der Waals surface area contributed by atoms with E-state index in [4.69, 9.17) is 9.84 Å². The van der Waals surface area contributed by atoms with Crippen LogP contribution in [0.15, 0.2) is 0 Å². The Hall–Kier alpha value is -0.0800. The highest BCUT2D eigenvalue weighted by Crippen LogP contribution is 2.24. The lowest BCUT2D eigenvalue weighted by Crippen LogP contribution is -2.32. The van der Waals surface area contributed by atoms with Crippen molar-refractivity contribution in [1.82, 2.24) is 0 Å². The van der Waals surface area contributed by atoms with E-state index in [-0.39, 0.29) is 12.7 Å². The average molecular weight is 144 g/mol. The standard InChI is InChI=1S/C8H16O2/c1-6-3-8(4-9)10-5-7(6)2/h6-9H,3-5H2,1-2H3/t6-,7+,8+/m1/s1. The lowest BCUT2D eigenvalue weighted by Gasteiger charge is -2.31. The van der Waals surface area contributed by atoms with E-state index in [1.54, 1.807) is 0 Å². The molecule has 0 spiro atoms. The van der Waals surface area contributed by atoms with Crippen molar-refractivity contribution < 1.29 is 9.84 Å². The molecular formula is C8H16O2. The smallest absolute Gasteiger partial charge is 0.0808 e. The Balaban J connectivity index is 2.33. The lowest BCUT2D eigenvalue weighted by atomic mass is 9.89. The van der Waals surface area contributed by atoms with Gasteiger partial charge in [-0.15, -0.1) is 0 Å². The first kappa shape index (κ1) is 8.02. The van der Waals surface area contributed by atoms with Gasteiger partial charge in [-0.1, -0.05) is 13.8 Å². The highest BCUT2D eigenvalue weighted by molar-refractivity contribution is 4.72. The molecule has 0 amide bonds. The fraction of sp³-hybridized carbons (Fsp3) is 1.00. The Labute approximate surface area is 62.2 Å². The summed E-state index contributed by atoms with van der Waals surface area (Å²) in [5.41, 5.74) is 0. The van der Waals surface area contributed by atoms with Crippen molar-refractivity contribution in [2.24, 2.45) is 11.8 Å². The van der Waals surface area contributed by atoms with Crippen LogP contribution in [-0.4, -0.2) is 24.4 Å². The molecule has 1 aliphatic heterocycles. The van der Waals surface area contributed by atoms with Gasteiger partial charge < -0.3 is 9.84 Å². The second-order valence-electron chi connectivity index (χ2n) is 3.33. The first-order valence-corrected chi connectivity index (χ1v) is 3.96. The van der Waals surface area contributed by atoms with Gasteiger partial charge in [0.15, 0.2) is 0 Å². The topological polar surface area (TPSA) is 29.5 Å². The Bertz CT molecular complexity index is 103. The Morgan fingerprint density at radius 1 is 1.40 bits per heavy atom. The Kier molecular flexibility index (Phi) is 2.69. The van der Waals surface area contributed by atoms with Gasteiger partial charge in [0.2, 0.25) is 0 Å². The SMILES string of the molecule is C[C@@H]1C[C@@H](CO)OC[C@@H]1C. The molecule has 0 aromatic heterocycles. The summed E-state index contributed by atoms with van der Waals surface area (Å²) < 4.78 is 5.36. The van der Waals surface area contributed by atoms with Crippen molar-refractivity contribution in [1.29, 1.82) is 0 Å². The maximum atomic E-state index is 8.77. The summed E-state index contributed by atoms with van der Waals surface area (Å²) in [5.74, 6) is 1.36. The zero-order valence-electron chi connectivity index (χ0n) is 6.71. The van der Waals surface area contributed by atoms with E-state index in [1.807, 2.05) is 0 Å². The highest BCUT2D eigenvalue weighted by Gasteiger charge is 2.24. The van der Waals surface area contributed by atoms with Crippen LogP contribution in [0.3, 0.4) is 0 Å². The first-order valence-electron chi connectivity index (χ1n) is 3.96. The molecule has 0 saturated carbocycles. The molecule has 0 aromatic carbocycles. The van der Waals surface area contributed by atoms with E-state index in [1.165, 1.54) is 0 Å². The van der Waals surface area contributed by atoms with Crippen LogP contribution in [0.4, 0.5) is 0 Å². The van der Waals surface area contributed by atoms with Crippen LogP contribution in [0.2, 0.25) is 0 Å². The summed E-state index contributed by atoms with van der Waals surface area (Å²) in [6, 6.07) is 0. The summed E-state index contributed by atoms with van der Waals surface area (Å²) in [6.45, 7) is 5.40. The molecule has 2 nitrogen and oxygen atoms in total. The van der Waals surface area contributed by atoms with E-state index >= 15 is 0 Å². The number of ether oxygens (including phenoxy) is 1. The van der Waals surface area contributed by atoms with Gasteiger partial charge in [-0.25, -0.2) is 0 Å². The fourth-order valence-corrected chi connectivity index (χ4v) is 1.29. The van der Waals surface area contributed by atoms with Gasteiger partial charge in [-0.3, -0.25) is 0 Å². The lowest BCUT2D eigenvalue weighted by molar-refractivity contribution is -0.0602. The third-order valence-corrected chi connectivity index (χ3v) is 2.40. The molecule has 1 aliphatic rings. The minimum atomic E-state index is 0.103. The van der Waals surface area contributed by atoms with Crippen molar-refractivity contribution >= 4 is 0 Å². The summed E-state index contributed by atoms with van der Waals surface area (Å²) in [7, 11) is 0. The third kappa shape index (κ3) is 1.70. The van der Waals surface area contributed by atoms with Gasteiger partial charge in [0.1, 0.15) is 0 Å². The molecule has 0 unspecified atom stereocenters. The molecule has 10 heavy (non-hydrogen) atoms. The molecule has 0 radical (unpaired) electrons. The number of hydrogen-bond acceptors (Lipinski definition) is 2. The van der Waals surface area contributed by atoms with E-state index in [0.29, 0.717) is 11.8 Å². The van der Waals surface area contributed by atoms with Crippen LogP contribution in [0.5, 0.6) is 0 Å². The normalized spacial score (nSPS) is 41.7. The van der Waals surface area contributed by atoms with Crippen LogP contribution in [0, 0.1) is 11.8 Å². The quantitative estimate of drug-likeness (QED) is 0.596. The molecule has 1 saturated heterocycles. The molecular weight excluding hydrogens is 128 g/mol. The number of rotatable bonds is 1. The van der Waals surface area contributed by atoms with Crippen LogP contribution in [0.25, 0.3) is 0 Å². The van der Waals surface area contributed by atoms with Crippen LogP contribution >= 0.6 is 0 Å². The average Bonchev–Trinajstić information content (AvgIpc) is 1.95. The number of aliphatic hydroxyl groups excluding tert-OH is 1.